The molecule has 0 aromatic heterocycles. The maximum Gasteiger partial charge on any atom is 0.237 e. The van der Waals surface area contributed by atoms with Crippen LogP contribution in [0.2, 0.25) is 0 Å². The highest BCUT2D eigenvalue weighted by Crippen LogP contribution is 2.19. The molecule has 2 saturated heterocycles. The molecule has 2 aliphatic heterocycles. The SMILES string of the molecule is CC(C(=O)NC1CC1)N1CCN(CCN2CCCCC2)CC1. The van der Waals surface area contributed by atoms with Gasteiger partial charge in [-0.2, -0.15) is 0 Å². The van der Waals surface area contributed by atoms with Crippen molar-refractivity contribution >= 4 is 5.91 Å². The van der Waals surface area contributed by atoms with Gasteiger partial charge in [0, 0.05) is 45.3 Å². The molecule has 1 atom stereocenters. The first-order valence-corrected chi connectivity index (χ1v) is 9.21. The van der Waals surface area contributed by atoms with Gasteiger partial charge < -0.3 is 10.2 Å². The fraction of sp³-hybridized carbons (Fsp3) is 0.941. The standard InChI is InChI=1S/C17H32N4O/c1-15(17(22)18-16-5-6-16)21-13-11-20(12-14-21)10-9-19-7-3-2-4-8-19/h15-16H,2-14H2,1H3,(H,18,22). The number of likely N-dealkylation sites (tertiary alicyclic amines) is 1. The number of rotatable bonds is 6. The molecule has 3 rings (SSSR count). The van der Waals surface area contributed by atoms with Crippen LogP contribution in [0.15, 0.2) is 0 Å². The predicted octanol–water partition coefficient (Wildman–Crippen LogP) is 0.757. The Balaban J connectivity index is 1.33. The van der Waals surface area contributed by atoms with Gasteiger partial charge in [-0.25, -0.2) is 0 Å². The minimum atomic E-state index is 0.0323. The molecule has 0 spiro atoms. The van der Waals surface area contributed by atoms with Crippen LogP contribution in [0.3, 0.4) is 0 Å². The highest BCUT2D eigenvalue weighted by molar-refractivity contribution is 5.81. The number of piperidine rings is 1. The minimum Gasteiger partial charge on any atom is -0.352 e. The van der Waals surface area contributed by atoms with Gasteiger partial charge >= 0.3 is 0 Å². The molecule has 1 unspecified atom stereocenters. The van der Waals surface area contributed by atoms with Crippen molar-refractivity contribution in [3.05, 3.63) is 0 Å². The van der Waals surface area contributed by atoms with Gasteiger partial charge in [-0.3, -0.25) is 14.6 Å². The van der Waals surface area contributed by atoms with Crippen LogP contribution >= 0.6 is 0 Å². The van der Waals surface area contributed by atoms with E-state index < -0.39 is 0 Å². The van der Waals surface area contributed by atoms with Crippen LogP contribution in [0.1, 0.15) is 39.0 Å². The number of nitrogens with zero attached hydrogens (tertiary/aromatic N) is 3. The highest BCUT2D eigenvalue weighted by Gasteiger charge is 2.29. The van der Waals surface area contributed by atoms with Gasteiger partial charge in [0.1, 0.15) is 0 Å². The molecule has 0 radical (unpaired) electrons. The predicted molar refractivity (Wildman–Crippen MR) is 88.9 cm³/mol. The average Bonchev–Trinajstić information content (AvgIpc) is 3.37. The molecule has 1 aliphatic carbocycles. The Morgan fingerprint density at radius 3 is 2.14 bits per heavy atom. The zero-order valence-corrected chi connectivity index (χ0v) is 14.1. The molecule has 5 nitrogen and oxygen atoms in total. The lowest BCUT2D eigenvalue weighted by Crippen LogP contribution is -2.55. The summed E-state index contributed by atoms with van der Waals surface area (Å²) >= 11 is 0. The number of nitrogens with one attached hydrogen (secondary N) is 1. The van der Waals surface area contributed by atoms with Crippen molar-refractivity contribution in [1.82, 2.24) is 20.0 Å². The fourth-order valence-corrected chi connectivity index (χ4v) is 3.56. The van der Waals surface area contributed by atoms with Crippen molar-refractivity contribution in [3.8, 4) is 0 Å². The number of carbonyl (C=O) groups excluding carboxylic acids is 1. The Hall–Kier alpha value is -0.650. The Bertz CT molecular complexity index is 358. The van der Waals surface area contributed by atoms with Crippen LogP contribution < -0.4 is 5.32 Å². The van der Waals surface area contributed by atoms with Crippen molar-refractivity contribution in [2.24, 2.45) is 0 Å². The van der Waals surface area contributed by atoms with Crippen molar-refractivity contribution in [3.63, 3.8) is 0 Å². The Kier molecular flexibility index (Phi) is 5.71. The molecule has 1 N–H and O–H groups in total. The van der Waals surface area contributed by atoms with E-state index >= 15 is 0 Å². The molecule has 0 aromatic carbocycles. The number of piperazine rings is 1. The first-order valence-electron chi connectivity index (χ1n) is 9.21. The lowest BCUT2D eigenvalue weighted by Gasteiger charge is -2.38. The van der Waals surface area contributed by atoms with E-state index in [9.17, 15) is 4.79 Å². The van der Waals surface area contributed by atoms with Gasteiger partial charge in [-0.05, 0) is 45.7 Å². The number of hydrogen-bond acceptors (Lipinski definition) is 4. The van der Waals surface area contributed by atoms with Crippen LogP contribution in [-0.2, 0) is 4.79 Å². The molecule has 126 valence electrons. The number of amides is 1. The minimum absolute atomic E-state index is 0.0323. The lowest BCUT2D eigenvalue weighted by atomic mass is 10.1. The monoisotopic (exact) mass is 308 g/mol. The average molecular weight is 308 g/mol. The second-order valence-electron chi connectivity index (χ2n) is 7.24. The summed E-state index contributed by atoms with van der Waals surface area (Å²) < 4.78 is 0. The maximum absolute atomic E-state index is 12.1. The van der Waals surface area contributed by atoms with E-state index in [2.05, 4.69) is 26.9 Å². The van der Waals surface area contributed by atoms with Gasteiger partial charge in [0.05, 0.1) is 6.04 Å². The first-order chi connectivity index (χ1) is 10.7. The smallest absolute Gasteiger partial charge is 0.237 e. The van der Waals surface area contributed by atoms with Gasteiger partial charge in [0.15, 0.2) is 0 Å². The summed E-state index contributed by atoms with van der Waals surface area (Å²) in [6.07, 6.45) is 6.50. The van der Waals surface area contributed by atoms with Crippen molar-refractivity contribution in [2.45, 2.75) is 51.1 Å². The molecule has 0 bridgehead atoms. The summed E-state index contributed by atoms with van der Waals surface area (Å²) in [5, 5.41) is 3.13. The zero-order valence-electron chi connectivity index (χ0n) is 14.1. The van der Waals surface area contributed by atoms with E-state index in [1.54, 1.807) is 0 Å². The van der Waals surface area contributed by atoms with Crippen molar-refractivity contribution < 1.29 is 4.79 Å². The van der Waals surface area contributed by atoms with E-state index in [1.807, 2.05) is 0 Å². The van der Waals surface area contributed by atoms with Crippen LogP contribution in [-0.4, -0.2) is 85.0 Å². The van der Waals surface area contributed by atoms with E-state index in [0.29, 0.717) is 6.04 Å². The van der Waals surface area contributed by atoms with Gasteiger partial charge in [-0.1, -0.05) is 6.42 Å². The van der Waals surface area contributed by atoms with Gasteiger partial charge in [0.25, 0.3) is 0 Å². The van der Waals surface area contributed by atoms with Crippen molar-refractivity contribution in [1.29, 1.82) is 0 Å². The van der Waals surface area contributed by atoms with Gasteiger partial charge in [-0.15, -0.1) is 0 Å². The third-order valence-corrected chi connectivity index (χ3v) is 5.44. The zero-order chi connectivity index (χ0) is 15.4. The highest BCUT2D eigenvalue weighted by atomic mass is 16.2. The summed E-state index contributed by atoms with van der Waals surface area (Å²) in [5.74, 6) is 0.226. The van der Waals surface area contributed by atoms with E-state index in [-0.39, 0.29) is 11.9 Å². The maximum atomic E-state index is 12.1. The first kappa shape index (κ1) is 16.2. The Morgan fingerprint density at radius 2 is 1.55 bits per heavy atom. The molecule has 1 amide bonds. The van der Waals surface area contributed by atoms with E-state index in [4.69, 9.17) is 0 Å². The second kappa shape index (κ2) is 7.75. The normalized spacial score (nSPS) is 26.8. The fourth-order valence-electron chi connectivity index (χ4n) is 3.56. The lowest BCUT2D eigenvalue weighted by molar-refractivity contribution is -0.126. The summed E-state index contributed by atoms with van der Waals surface area (Å²) in [5.41, 5.74) is 0. The number of carbonyl (C=O) groups is 1. The molecule has 1 saturated carbocycles. The van der Waals surface area contributed by atoms with E-state index in [1.165, 1.54) is 58.3 Å². The van der Waals surface area contributed by atoms with Crippen LogP contribution in [0, 0.1) is 0 Å². The third-order valence-electron chi connectivity index (χ3n) is 5.44. The topological polar surface area (TPSA) is 38.8 Å². The Labute approximate surface area is 135 Å². The van der Waals surface area contributed by atoms with Crippen molar-refractivity contribution in [2.75, 3.05) is 52.4 Å². The summed E-state index contributed by atoms with van der Waals surface area (Å²) in [7, 11) is 0. The molecule has 3 fully saturated rings. The molecule has 5 heteroatoms. The van der Waals surface area contributed by atoms with Crippen LogP contribution in [0.4, 0.5) is 0 Å². The third kappa shape index (κ3) is 4.67. The Morgan fingerprint density at radius 1 is 0.955 bits per heavy atom. The molecule has 0 aromatic rings. The summed E-state index contributed by atoms with van der Waals surface area (Å²) in [6.45, 7) is 11.3. The largest absolute Gasteiger partial charge is 0.352 e. The summed E-state index contributed by atoms with van der Waals surface area (Å²) in [4.78, 5) is 19.7. The quantitative estimate of drug-likeness (QED) is 0.786. The molecular weight excluding hydrogens is 276 g/mol. The number of hydrogen-bond donors (Lipinski definition) is 1. The van der Waals surface area contributed by atoms with Gasteiger partial charge in [0.2, 0.25) is 5.91 Å². The van der Waals surface area contributed by atoms with E-state index in [0.717, 1.165) is 26.2 Å². The molecule has 3 aliphatic rings. The molecular formula is C17H32N4O. The molecule has 2 heterocycles. The van der Waals surface area contributed by atoms with Crippen LogP contribution in [0.25, 0.3) is 0 Å². The second-order valence-corrected chi connectivity index (χ2v) is 7.24. The van der Waals surface area contributed by atoms with Crippen LogP contribution in [0.5, 0.6) is 0 Å². The molecule has 22 heavy (non-hydrogen) atoms. The summed E-state index contributed by atoms with van der Waals surface area (Å²) in [6, 6.07) is 0.505.